The zero-order chi connectivity index (χ0) is 8.32. The lowest BCUT2D eigenvalue weighted by molar-refractivity contribution is -0.164. The number of carbonyl (C=O) groups is 1. The van der Waals surface area contributed by atoms with E-state index >= 15 is 0 Å². The van der Waals surface area contributed by atoms with Gasteiger partial charge in [-0.05, 0) is 26.7 Å². The summed E-state index contributed by atoms with van der Waals surface area (Å²) in [5, 5.41) is 0. The van der Waals surface area contributed by atoms with Gasteiger partial charge in [-0.25, -0.2) is 4.79 Å². The minimum Gasteiger partial charge on any atom is -0.464 e. The summed E-state index contributed by atoms with van der Waals surface area (Å²) < 4.78 is 10.1. The van der Waals surface area contributed by atoms with Gasteiger partial charge in [-0.3, -0.25) is 0 Å². The molecule has 1 fully saturated rings. The molecule has 3 heteroatoms. The molecule has 1 heterocycles. The SMILES string of the molecule is CCOC(=O)[C@]1(C)CCCO1. The molecule has 1 aliphatic rings. The number of hydrogen-bond donors (Lipinski definition) is 0. The first kappa shape index (κ1) is 8.53. The minimum absolute atomic E-state index is 0.225. The van der Waals surface area contributed by atoms with Gasteiger partial charge >= 0.3 is 5.97 Å². The highest BCUT2D eigenvalue weighted by Gasteiger charge is 2.38. The third-order valence-electron chi connectivity index (χ3n) is 1.93. The van der Waals surface area contributed by atoms with E-state index in [0.29, 0.717) is 13.2 Å². The maximum atomic E-state index is 11.2. The van der Waals surface area contributed by atoms with Crippen LogP contribution < -0.4 is 0 Å². The van der Waals surface area contributed by atoms with Crippen LogP contribution in [0.2, 0.25) is 0 Å². The van der Waals surface area contributed by atoms with E-state index in [4.69, 9.17) is 9.47 Å². The van der Waals surface area contributed by atoms with Crippen LogP contribution in [-0.2, 0) is 14.3 Å². The average Bonchev–Trinajstić information content (AvgIpc) is 2.38. The first-order chi connectivity index (χ1) is 5.19. The molecule has 3 nitrogen and oxygen atoms in total. The second-order valence-electron chi connectivity index (χ2n) is 2.90. The Morgan fingerprint density at radius 2 is 2.45 bits per heavy atom. The molecule has 0 bridgehead atoms. The Bertz CT molecular complexity index is 147. The van der Waals surface area contributed by atoms with Crippen molar-refractivity contribution in [2.45, 2.75) is 32.3 Å². The molecule has 0 aromatic rings. The smallest absolute Gasteiger partial charge is 0.338 e. The van der Waals surface area contributed by atoms with Gasteiger partial charge in [0.05, 0.1) is 6.61 Å². The maximum Gasteiger partial charge on any atom is 0.338 e. The molecule has 0 aromatic heterocycles. The fraction of sp³-hybridized carbons (Fsp3) is 0.875. The molecule has 0 N–H and O–H groups in total. The molecule has 0 aliphatic carbocycles. The Labute approximate surface area is 66.7 Å². The van der Waals surface area contributed by atoms with E-state index in [1.807, 2.05) is 0 Å². The van der Waals surface area contributed by atoms with Crippen LogP contribution in [0.4, 0.5) is 0 Å². The van der Waals surface area contributed by atoms with Crippen molar-refractivity contribution in [3.63, 3.8) is 0 Å². The predicted octanol–water partition coefficient (Wildman–Crippen LogP) is 1.12. The van der Waals surface area contributed by atoms with Crippen LogP contribution in [0, 0.1) is 0 Å². The Kier molecular flexibility index (Phi) is 2.49. The Morgan fingerprint density at radius 1 is 1.73 bits per heavy atom. The quantitative estimate of drug-likeness (QED) is 0.565. The molecule has 0 radical (unpaired) electrons. The van der Waals surface area contributed by atoms with Gasteiger partial charge in [0.2, 0.25) is 0 Å². The van der Waals surface area contributed by atoms with Crippen LogP contribution in [0.1, 0.15) is 26.7 Å². The van der Waals surface area contributed by atoms with Crippen molar-refractivity contribution in [3.05, 3.63) is 0 Å². The van der Waals surface area contributed by atoms with Gasteiger partial charge in [-0.15, -0.1) is 0 Å². The summed E-state index contributed by atoms with van der Waals surface area (Å²) in [6.07, 6.45) is 1.74. The molecule has 0 saturated carbocycles. The Morgan fingerprint density at radius 3 is 2.91 bits per heavy atom. The monoisotopic (exact) mass is 158 g/mol. The van der Waals surface area contributed by atoms with Gasteiger partial charge in [0.1, 0.15) is 0 Å². The lowest BCUT2D eigenvalue weighted by Crippen LogP contribution is -2.35. The second kappa shape index (κ2) is 3.22. The highest BCUT2D eigenvalue weighted by molar-refractivity contribution is 5.79. The lowest BCUT2D eigenvalue weighted by atomic mass is 10.0. The fourth-order valence-corrected chi connectivity index (χ4v) is 1.22. The second-order valence-corrected chi connectivity index (χ2v) is 2.90. The molecule has 1 rings (SSSR count). The van der Waals surface area contributed by atoms with Gasteiger partial charge in [0.15, 0.2) is 5.60 Å². The summed E-state index contributed by atoms with van der Waals surface area (Å²) in [4.78, 5) is 11.2. The van der Waals surface area contributed by atoms with Crippen LogP contribution in [0.25, 0.3) is 0 Å². The molecule has 0 amide bonds. The summed E-state index contributed by atoms with van der Waals surface area (Å²) in [6, 6.07) is 0. The summed E-state index contributed by atoms with van der Waals surface area (Å²) in [5.41, 5.74) is -0.657. The standard InChI is InChI=1S/C8H14O3/c1-3-10-7(9)8(2)5-4-6-11-8/h3-6H2,1-2H3/t8-/m0/s1. The van der Waals surface area contributed by atoms with E-state index in [9.17, 15) is 4.79 Å². The van der Waals surface area contributed by atoms with E-state index < -0.39 is 5.60 Å². The van der Waals surface area contributed by atoms with Crippen molar-refractivity contribution in [1.82, 2.24) is 0 Å². The third-order valence-corrected chi connectivity index (χ3v) is 1.93. The first-order valence-corrected chi connectivity index (χ1v) is 4.00. The van der Waals surface area contributed by atoms with Crippen LogP contribution in [-0.4, -0.2) is 24.8 Å². The van der Waals surface area contributed by atoms with Gasteiger partial charge in [-0.1, -0.05) is 0 Å². The summed E-state index contributed by atoms with van der Waals surface area (Å²) in [6.45, 7) is 4.70. The molecular weight excluding hydrogens is 144 g/mol. The van der Waals surface area contributed by atoms with Crippen LogP contribution in [0.3, 0.4) is 0 Å². The van der Waals surface area contributed by atoms with E-state index in [0.717, 1.165) is 12.8 Å². The predicted molar refractivity (Wildman–Crippen MR) is 40.2 cm³/mol. The molecule has 1 atom stereocenters. The van der Waals surface area contributed by atoms with Crippen molar-refractivity contribution in [2.75, 3.05) is 13.2 Å². The molecule has 64 valence electrons. The van der Waals surface area contributed by atoms with Crippen molar-refractivity contribution in [1.29, 1.82) is 0 Å². The summed E-state index contributed by atoms with van der Waals surface area (Å²) >= 11 is 0. The zero-order valence-corrected chi connectivity index (χ0v) is 7.05. The molecule has 11 heavy (non-hydrogen) atoms. The van der Waals surface area contributed by atoms with Gasteiger partial charge in [0, 0.05) is 6.61 Å². The van der Waals surface area contributed by atoms with Crippen molar-refractivity contribution in [3.8, 4) is 0 Å². The summed E-state index contributed by atoms with van der Waals surface area (Å²) in [7, 11) is 0. The maximum absolute atomic E-state index is 11.2. The van der Waals surface area contributed by atoms with E-state index in [1.54, 1.807) is 13.8 Å². The average molecular weight is 158 g/mol. The molecule has 0 aromatic carbocycles. The van der Waals surface area contributed by atoms with Crippen molar-refractivity contribution >= 4 is 5.97 Å². The van der Waals surface area contributed by atoms with Crippen molar-refractivity contribution in [2.24, 2.45) is 0 Å². The number of carbonyl (C=O) groups excluding carboxylic acids is 1. The largest absolute Gasteiger partial charge is 0.464 e. The number of hydrogen-bond acceptors (Lipinski definition) is 3. The van der Waals surface area contributed by atoms with Crippen LogP contribution in [0.5, 0.6) is 0 Å². The fourth-order valence-electron chi connectivity index (χ4n) is 1.22. The molecule has 0 spiro atoms. The van der Waals surface area contributed by atoms with Gasteiger partial charge < -0.3 is 9.47 Å². The summed E-state index contributed by atoms with van der Waals surface area (Å²) in [5.74, 6) is -0.225. The third kappa shape index (κ3) is 1.71. The highest BCUT2D eigenvalue weighted by atomic mass is 16.6. The first-order valence-electron chi connectivity index (χ1n) is 4.00. The highest BCUT2D eigenvalue weighted by Crippen LogP contribution is 2.26. The zero-order valence-electron chi connectivity index (χ0n) is 7.05. The van der Waals surface area contributed by atoms with Crippen molar-refractivity contribution < 1.29 is 14.3 Å². The Balaban J connectivity index is 2.49. The minimum atomic E-state index is -0.657. The van der Waals surface area contributed by atoms with E-state index in [-0.39, 0.29) is 5.97 Å². The topological polar surface area (TPSA) is 35.5 Å². The molecule has 1 saturated heterocycles. The number of rotatable bonds is 2. The number of ether oxygens (including phenoxy) is 2. The molecular formula is C8H14O3. The van der Waals surface area contributed by atoms with Crippen LogP contribution in [0.15, 0.2) is 0 Å². The lowest BCUT2D eigenvalue weighted by Gasteiger charge is -2.19. The number of esters is 1. The van der Waals surface area contributed by atoms with E-state index in [2.05, 4.69) is 0 Å². The normalized spacial score (nSPS) is 30.4. The van der Waals surface area contributed by atoms with E-state index in [1.165, 1.54) is 0 Å². The molecule has 1 aliphatic heterocycles. The molecule has 0 unspecified atom stereocenters. The van der Waals surface area contributed by atoms with Crippen LogP contribution >= 0.6 is 0 Å². The van der Waals surface area contributed by atoms with Gasteiger partial charge in [0.25, 0.3) is 0 Å². The Hall–Kier alpha value is -0.570. The van der Waals surface area contributed by atoms with Gasteiger partial charge in [-0.2, -0.15) is 0 Å².